The Morgan fingerprint density at radius 2 is 1.65 bits per heavy atom. The van der Waals surface area contributed by atoms with Crippen LogP contribution < -0.4 is 9.47 Å². The highest BCUT2D eigenvalue weighted by atomic mass is 127. The maximum atomic E-state index is 11.0. The average molecular weight is 380 g/mol. The van der Waals surface area contributed by atoms with Gasteiger partial charge < -0.3 is 9.47 Å². The maximum Gasteiger partial charge on any atom is 0.335 e. The first kappa shape index (κ1) is 14.6. The van der Waals surface area contributed by atoms with E-state index >= 15 is 0 Å². The van der Waals surface area contributed by atoms with E-state index in [0.29, 0.717) is 12.4 Å². The predicted molar refractivity (Wildman–Crippen MR) is 85.8 cm³/mol. The molecule has 0 aliphatic heterocycles. The van der Waals surface area contributed by atoms with Crippen molar-refractivity contribution in [2.75, 3.05) is 0 Å². The third-order valence-corrected chi connectivity index (χ3v) is 3.25. The zero-order chi connectivity index (χ0) is 14.4. The molecule has 0 amide bonds. The topological polar surface area (TPSA) is 35.5 Å². The molecule has 0 aliphatic carbocycles. The van der Waals surface area contributed by atoms with Crippen molar-refractivity contribution in [2.45, 2.75) is 6.61 Å². The number of ether oxygens (including phenoxy) is 2. The Hall–Kier alpha value is -1.82. The summed E-state index contributed by atoms with van der Waals surface area (Å²) in [5.74, 6) is 0.855. The molecule has 4 heteroatoms. The monoisotopic (exact) mass is 380 g/mol. The summed E-state index contributed by atoms with van der Waals surface area (Å²) in [5.41, 5.74) is 1.00. The van der Waals surface area contributed by atoms with Gasteiger partial charge in [0.05, 0.1) is 0 Å². The molecule has 2 aromatic carbocycles. The number of benzene rings is 2. The molecule has 0 N–H and O–H groups in total. The molecule has 0 radical (unpaired) electrons. The van der Waals surface area contributed by atoms with Gasteiger partial charge in [-0.05, 0) is 64.6 Å². The van der Waals surface area contributed by atoms with Gasteiger partial charge in [0.2, 0.25) is 0 Å². The summed E-state index contributed by atoms with van der Waals surface area (Å²) in [4.78, 5) is 11.0. The van der Waals surface area contributed by atoms with Gasteiger partial charge >= 0.3 is 5.97 Å². The van der Waals surface area contributed by atoms with E-state index in [1.807, 2.05) is 36.4 Å². The predicted octanol–water partition coefficient (Wildman–Crippen LogP) is 3.96. The molecule has 20 heavy (non-hydrogen) atoms. The Morgan fingerprint density at radius 1 is 1.05 bits per heavy atom. The lowest BCUT2D eigenvalue weighted by Gasteiger charge is -2.07. The highest BCUT2D eigenvalue weighted by Crippen LogP contribution is 2.17. The van der Waals surface area contributed by atoms with Crippen molar-refractivity contribution in [1.82, 2.24) is 0 Å². The minimum Gasteiger partial charge on any atom is -0.489 e. The summed E-state index contributed by atoms with van der Waals surface area (Å²) in [5, 5.41) is 0. The summed E-state index contributed by atoms with van der Waals surface area (Å²) in [6, 6.07) is 15.0. The summed E-state index contributed by atoms with van der Waals surface area (Å²) in [7, 11) is 0. The first-order valence-corrected chi connectivity index (χ1v) is 7.07. The van der Waals surface area contributed by atoms with Crippen molar-refractivity contribution in [1.29, 1.82) is 0 Å². The minimum absolute atomic E-state index is 0.465. The third-order valence-electron chi connectivity index (χ3n) is 2.53. The summed E-state index contributed by atoms with van der Waals surface area (Å²) >= 11 is 2.25. The van der Waals surface area contributed by atoms with Gasteiger partial charge in [0, 0.05) is 9.65 Å². The zero-order valence-corrected chi connectivity index (χ0v) is 12.9. The number of hydrogen-bond donors (Lipinski definition) is 0. The van der Waals surface area contributed by atoms with E-state index in [2.05, 4.69) is 29.2 Å². The number of esters is 1. The molecule has 3 nitrogen and oxygen atoms in total. The van der Waals surface area contributed by atoms with Crippen LogP contribution in [0.25, 0.3) is 0 Å². The number of halogens is 1. The Balaban J connectivity index is 1.92. The van der Waals surface area contributed by atoms with Crippen LogP contribution >= 0.6 is 22.6 Å². The molecule has 0 spiro atoms. The minimum atomic E-state index is -0.465. The molecule has 0 bridgehead atoms. The largest absolute Gasteiger partial charge is 0.489 e. The number of carbonyl (C=O) groups excluding carboxylic acids is 1. The average Bonchev–Trinajstić information content (AvgIpc) is 2.48. The van der Waals surface area contributed by atoms with Gasteiger partial charge in [-0.2, -0.15) is 0 Å². The van der Waals surface area contributed by atoms with Crippen molar-refractivity contribution in [3.05, 3.63) is 70.3 Å². The van der Waals surface area contributed by atoms with Crippen LogP contribution in [0.1, 0.15) is 5.56 Å². The Bertz CT molecular complexity index is 588. The highest BCUT2D eigenvalue weighted by molar-refractivity contribution is 14.1. The molecular formula is C16H13IO3. The Labute approximate surface area is 131 Å². The van der Waals surface area contributed by atoms with Crippen LogP contribution in [0.4, 0.5) is 0 Å². The van der Waals surface area contributed by atoms with Crippen LogP contribution in [0.5, 0.6) is 11.5 Å². The molecular weight excluding hydrogens is 367 g/mol. The quantitative estimate of drug-likeness (QED) is 0.341. The molecule has 102 valence electrons. The van der Waals surface area contributed by atoms with E-state index in [1.165, 1.54) is 3.57 Å². The van der Waals surface area contributed by atoms with E-state index in [4.69, 9.17) is 9.47 Å². The highest BCUT2D eigenvalue weighted by Gasteiger charge is 2.01. The smallest absolute Gasteiger partial charge is 0.335 e. The van der Waals surface area contributed by atoms with E-state index in [-0.39, 0.29) is 0 Å². The van der Waals surface area contributed by atoms with Crippen molar-refractivity contribution in [3.8, 4) is 11.5 Å². The maximum absolute atomic E-state index is 11.0. The van der Waals surface area contributed by atoms with E-state index in [0.717, 1.165) is 17.4 Å². The molecule has 0 aliphatic rings. The second kappa shape index (κ2) is 7.09. The van der Waals surface area contributed by atoms with E-state index in [1.54, 1.807) is 12.1 Å². The van der Waals surface area contributed by atoms with Crippen LogP contribution in [0.2, 0.25) is 0 Å². The molecule has 0 aromatic heterocycles. The normalized spacial score (nSPS) is 9.85. The number of rotatable bonds is 5. The molecule has 2 rings (SSSR count). The molecule has 0 atom stereocenters. The van der Waals surface area contributed by atoms with Crippen molar-refractivity contribution in [3.63, 3.8) is 0 Å². The molecule has 2 aromatic rings. The van der Waals surface area contributed by atoms with Gasteiger partial charge in [-0.15, -0.1) is 0 Å². The van der Waals surface area contributed by atoms with Crippen LogP contribution in [-0.2, 0) is 11.4 Å². The first-order valence-electron chi connectivity index (χ1n) is 5.99. The van der Waals surface area contributed by atoms with Crippen molar-refractivity contribution in [2.24, 2.45) is 0 Å². The van der Waals surface area contributed by atoms with Crippen molar-refractivity contribution < 1.29 is 14.3 Å². The molecule has 0 saturated carbocycles. The van der Waals surface area contributed by atoms with Gasteiger partial charge in [0.1, 0.15) is 18.1 Å². The van der Waals surface area contributed by atoms with Gasteiger partial charge in [-0.1, -0.05) is 18.7 Å². The lowest BCUT2D eigenvalue weighted by molar-refractivity contribution is -0.128. The summed E-state index contributed by atoms with van der Waals surface area (Å²) in [6.07, 6.45) is 1.13. The van der Waals surface area contributed by atoms with Gasteiger partial charge in [0.15, 0.2) is 0 Å². The van der Waals surface area contributed by atoms with Gasteiger partial charge in [0.25, 0.3) is 0 Å². The molecule has 0 saturated heterocycles. The fraction of sp³-hybridized carbons (Fsp3) is 0.0625. The summed E-state index contributed by atoms with van der Waals surface area (Å²) in [6.45, 7) is 3.82. The fourth-order valence-corrected chi connectivity index (χ4v) is 1.87. The standard InChI is InChI=1S/C16H13IO3/c1-2-16(18)20-15-7-3-12(4-8-15)11-19-14-9-5-13(17)6-10-14/h2-10H,1,11H2. The van der Waals surface area contributed by atoms with E-state index in [9.17, 15) is 4.79 Å². The van der Waals surface area contributed by atoms with E-state index < -0.39 is 5.97 Å². The number of hydrogen-bond acceptors (Lipinski definition) is 3. The Morgan fingerprint density at radius 3 is 2.25 bits per heavy atom. The van der Waals surface area contributed by atoms with Gasteiger partial charge in [-0.3, -0.25) is 0 Å². The molecule has 0 heterocycles. The first-order chi connectivity index (χ1) is 9.67. The van der Waals surface area contributed by atoms with Crippen molar-refractivity contribution >= 4 is 28.6 Å². The lowest BCUT2D eigenvalue weighted by Crippen LogP contribution is -2.03. The summed E-state index contributed by atoms with van der Waals surface area (Å²) < 4.78 is 11.8. The second-order valence-corrected chi connectivity index (χ2v) is 5.26. The lowest BCUT2D eigenvalue weighted by atomic mass is 10.2. The fourth-order valence-electron chi connectivity index (χ4n) is 1.51. The third kappa shape index (κ3) is 4.38. The van der Waals surface area contributed by atoms with Crippen LogP contribution in [-0.4, -0.2) is 5.97 Å². The Kier molecular flexibility index (Phi) is 5.17. The van der Waals surface area contributed by atoms with Crippen LogP contribution in [0, 0.1) is 3.57 Å². The van der Waals surface area contributed by atoms with Crippen LogP contribution in [0.3, 0.4) is 0 Å². The molecule has 0 unspecified atom stereocenters. The zero-order valence-electron chi connectivity index (χ0n) is 10.7. The number of carbonyl (C=O) groups is 1. The molecule has 0 fully saturated rings. The van der Waals surface area contributed by atoms with Crippen LogP contribution in [0.15, 0.2) is 61.2 Å². The second-order valence-electron chi connectivity index (χ2n) is 4.01. The van der Waals surface area contributed by atoms with Gasteiger partial charge in [-0.25, -0.2) is 4.79 Å². The SMILES string of the molecule is C=CC(=O)Oc1ccc(COc2ccc(I)cc2)cc1.